The molecule has 0 N–H and O–H groups in total. The molecule has 6 heteroatoms. The molecule has 2 aromatic rings. The summed E-state index contributed by atoms with van der Waals surface area (Å²) in [6.07, 6.45) is 1.63. The van der Waals surface area contributed by atoms with Crippen LogP contribution in [-0.4, -0.2) is 55.5 Å². The minimum Gasteiger partial charge on any atom is -0.386 e. The Morgan fingerprint density at radius 3 is 2.40 bits per heavy atom. The molecule has 0 spiro atoms. The van der Waals surface area contributed by atoms with Crippen LogP contribution in [0.25, 0.3) is 0 Å². The third-order valence-corrected chi connectivity index (χ3v) is 5.03. The van der Waals surface area contributed by atoms with Crippen molar-refractivity contribution in [3.05, 3.63) is 65.7 Å². The van der Waals surface area contributed by atoms with Crippen LogP contribution in [0, 0.1) is 0 Å². The van der Waals surface area contributed by atoms with E-state index in [1.165, 1.54) is 5.69 Å². The summed E-state index contributed by atoms with van der Waals surface area (Å²) in [7, 11) is 0. The van der Waals surface area contributed by atoms with Crippen LogP contribution in [0.1, 0.15) is 31.9 Å². The zero-order valence-electron chi connectivity index (χ0n) is 18.1. The minimum absolute atomic E-state index is 0.0908. The Hall–Kier alpha value is -2.86. The highest BCUT2D eigenvalue weighted by Gasteiger charge is 2.26. The quantitative estimate of drug-likeness (QED) is 0.517. The number of anilines is 1. The zero-order valence-corrected chi connectivity index (χ0v) is 18.1. The van der Waals surface area contributed by atoms with E-state index >= 15 is 0 Å². The van der Waals surface area contributed by atoms with E-state index in [2.05, 4.69) is 22.2 Å². The van der Waals surface area contributed by atoms with Gasteiger partial charge in [-0.05, 0) is 44.0 Å². The Morgan fingerprint density at radius 1 is 1.10 bits per heavy atom. The van der Waals surface area contributed by atoms with Gasteiger partial charge in [-0.2, -0.15) is 0 Å². The van der Waals surface area contributed by atoms with Crippen molar-refractivity contribution in [3.8, 4) is 0 Å². The zero-order chi connectivity index (χ0) is 21.4. The van der Waals surface area contributed by atoms with Crippen LogP contribution in [0.15, 0.2) is 59.8 Å². The second kappa shape index (κ2) is 10.3. The van der Waals surface area contributed by atoms with Crippen LogP contribution >= 0.6 is 0 Å². The van der Waals surface area contributed by atoms with E-state index in [0.717, 1.165) is 37.4 Å². The first kappa shape index (κ1) is 21.8. The molecule has 1 aliphatic rings. The second-order valence-electron chi connectivity index (χ2n) is 8.34. The molecule has 2 aromatic carbocycles. The number of nitrogens with zero attached hydrogens (tertiary/aromatic N) is 3. The van der Waals surface area contributed by atoms with E-state index in [9.17, 15) is 4.79 Å². The molecule has 1 amide bonds. The molecule has 1 aliphatic heterocycles. The largest absolute Gasteiger partial charge is 0.386 e. The number of carbonyl (C=O) groups is 1. The fourth-order valence-electron chi connectivity index (χ4n) is 3.33. The fourth-order valence-corrected chi connectivity index (χ4v) is 3.33. The smallest absolute Gasteiger partial charge is 0.264 e. The Labute approximate surface area is 179 Å². The molecule has 0 radical (unpaired) electrons. The van der Waals surface area contributed by atoms with Crippen LogP contribution in [0.2, 0.25) is 0 Å². The van der Waals surface area contributed by atoms with Gasteiger partial charge in [-0.15, -0.1) is 0 Å². The lowest BCUT2D eigenvalue weighted by Gasteiger charge is -2.35. The molecule has 3 rings (SSSR count). The van der Waals surface area contributed by atoms with Crippen molar-refractivity contribution in [2.45, 2.75) is 32.9 Å². The maximum Gasteiger partial charge on any atom is 0.264 e. The van der Waals surface area contributed by atoms with Crippen molar-refractivity contribution < 1.29 is 14.4 Å². The monoisotopic (exact) mass is 409 g/mol. The number of amides is 1. The summed E-state index contributed by atoms with van der Waals surface area (Å²) < 4.78 is 5.39. The van der Waals surface area contributed by atoms with Crippen molar-refractivity contribution >= 4 is 17.8 Å². The predicted molar refractivity (Wildman–Crippen MR) is 120 cm³/mol. The highest BCUT2D eigenvalue weighted by atomic mass is 16.6. The molecule has 160 valence electrons. The SMILES string of the molecule is CC(C)(C)N(Cc1ccccc1)C(=O)CO/N=C/c1ccc(N2CCOCC2)cc1. The molecule has 1 saturated heterocycles. The van der Waals surface area contributed by atoms with Gasteiger partial charge < -0.3 is 19.4 Å². The van der Waals surface area contributed by atoms with E-state index in [1.807, 2.05) is 68.1 Å². The summed E-state index contributed by atoms with van der Waals surface area (Å²) in [6.45, 7) is 9.86. The Kier molecular flexibility index (Phi) is 7.46. The second-order valence-corrected chi connectivity index (χ2v) is 8.34. The highest BCUT2D eigenvalue weighted by molar-refractivity contribution is 5.80. The van der Waals surface area contributed by atoms with E-state index in [4.69, 9.17) is 9.57 Å². The van der Waals surface area contributed by atoms with Crippen molar-refractivity contribution in [2.75, 3.05) is 37.8 Å². The Morgan fingerprint density at radius 2 is 1.77 bits per heavy atom. The van der Waals surface area contributed by atoms with Gasteiger partial charge in [-0.25, -0.2) is 0 Å². The number of oxime groups is 1. The lowest BCUT2D eigenvalue weighted by molar-refractivity contribution is -0.141. The van der Waals surface area contributed by atoms with Crippen molar-refractivity contribution in [1.29, 1.82) is 0 Å². The lowest BCUT2D eigenvalue weighted by atomic mass is 10.0. The number of carbonyl (C=O) groups excluding carboxylic acids is 1. The Bertz CT molecular complexity index is 823. The average Bonchev–Trinajstić information content (AvgIpc) is 2.76. The van der Waals surface area contributed by atoms with Gasteiger partial charge in [-0.1, -0.05) is 47.6 Å². The lowest BCUT2D eigenvalue weighted by Crippen LogP contribution is -2.46. The van der Waals surface area contributed by atoms with E-state index in [1.54, 1.807) is 6.21 Å². The van der Waals surface area contributed by atoms with Gasteiger partial charge in [0.05, 0.1) is 19.4 Å². The van der Waals surface area contributed by atoms with Gasteiger partial charge in [0.2, 0.25) is 0 Å². The number of benzene rings is 2. The van der Waals surface area contributed by atoms with Gasteiger partial charge >= 0.3 is 0 Å². The van der Waals surface area contributed by atoms with Crippen LogP contribution in [0.5, 0.6) is 0 Å². The van der Waals surface area contributed by atoms with Crippen LogP contribution in [-0.2, 0) is 20.9 Å². The molecular weight excluding hydrogens is 378 g/mol. The number of ether oxygens (including phenoxy) is 1. The minimum atomic E-state index is -0.310. The van der Waals surface area contributed by atoms with E-state index < -0.39 is 0 Å². The molecule has 0 aliphatic carbocycles. The third-order valence-electron chi connectivity index (χ3n) is 5.03. The molecule has 0 aromatic heterocycles. The summed E-state index contributed by atoms with van der Waals surface area (Å²) >= 11 is 0. The topological polar surface area (TPSA) is 54.4 Å². The standard InChI is InChI=1S/C24H31N3O3/c1-24(2,3)27(18-21-7-5-4-6-8-21)23(28)19-30-25-17-20-9-11-22(12-10-20)26-13-15-29-16-14-26/h4-12,17H,13-16,18-19H2,1-3H3/b25-17+. The van der Waals surface area contributed by atoms with Gasteiger partial charge in [0.1, 0.15) is 0 Å². The fraction of sp³-hybridized carbons (Fsp3) is 0.417. The van der Waals surface area contributed by atoms with E-state index in [-0.39, 0.29) is 18.1 Å². The molecule has 0 bridgehead atoms. The summed E-state index contributed by atoms with van der Waals surface area (Å²) in [4.78, 5) is 22.2. The van der Waals surface area contributed by atoms with E-state index in [0.29, 0.717) is 6.54 Å². The molecule has 6 nitrogen and oxygen atoms in total. The third kappa shape index (κ3) is 6.32. The van der Waals surface area contributed by atoms with Gasteiger partial charge in [-0.3, -0.25) is 4.79 Å². The molecule has 0 atom stereocenters. The maximum atomic E-state index is 12.7. The molecule has 0 unspecified atom stereocenters. The van der Waals surface area contributed by atoms with Crippen molar-refractivity contribution in [3.63, 3.8) is 0 Å². The van der Waals surface area contributed by atoms with Crippen LogP contribution in [0.3, 0.4) is 0 Å². The molecule has 1 fully saturated rings. The maximum absolute atomic E-state index is 12.7. The van der Waals surface area contributed by atoms with Crippen molar-refractivity contribution in [1.82, 2.24) is 4.90 Å². The number of morpholine rings is 1. The normalized spacial score (nSPS) is 14.7. The average molecular weight is 410 g/mol. The Balaban J connectivity index is 1.52. The number of rotatable bonds is 7. The first-order valence-electron chi connectivity index (χ1n) is 10.4. The summed E-state index contributed by atoms with van der Waals surface area (Å²) in [5.41, 5.74) is 2.88. The van der Waals surface area contributed by atoms with Crippen LogP contribution < -0.4 is 4.90 Å². The predicted octanol–water partition coefficient (Wildman–Crippen LogP) is 3.70. The number of hydrogen-bond donors (Lipinski definition) is 0. The van der Waals surface area contributed by atoms with Crippen molar-refractivity contribution in [2.24, 2.45) is 5.16 Å². The van der Waals surface area contributed by atoms with Crippen LogP contribution in [0.4, 0.5) is 5.69 Å². The first-order chi connectivity index (χ1) is 14.4. The summed E-state index contributed by atoms with van der Waals surface area (Å²) in [5, 5.41) is 3.99. The molecule has 0 saturated carbocycles. The summed E-state index contributed by atoms with van der Waals surface area (Å²) in [6, 6.07) is 18.1. The summed E-state index contributed by atoms with van der Waals surface area (Å²) in [5.74, 6) is -0.0915. The highest BCUT2D eigenvalue weighted by Crippen LogP contribution is 2.18. The number of hydrogen-bond acceptors (Lipinski definition) is 5. The first-order valence-corrected chi connectivity index (χ1v) is 10.4. The van der Waals surface area contributed by atoms with Gasteiger partial charge in [0, 0.05) is 30.9 Å². The van der Waals surface area contributed by atoms with Gasteiger partial charge in [0.15, 0.2) is 6.61 Å². The molecule has 1 heterocycles. The molecular formula is C24H31N3O3. The molecule has 30 heavy (non-hydrogen) atoms. The van der Waals surface area contributed by atoms with Gasteiger partial charge in [0.25, 0.3) is 5.91 Å².